The van der Waals surface area contributed by atoms with Crippen molar-refractivity contribution in [1.82, 2.24) is 10.3 Å². The molecule has 0 atom stereocenters. The maximum absolute atomic E-state index is 12.0. The minimum atomic E-state index is -0.150. The number of amides is 1. The molecule has 0 unspecified atom stereocenters. The predicted octanol–water partition coefficient (Wildman–Crippen LogP) is 1.95. The molecule has 0 fully saturated rings. The van der Waals surface area contributed by atoms with Crippen molar-refractivity contribution in [1.29, 1.82) is 0 Å². The van der Waals surface area contributed by atoms with E-state index in [1.807, 2.05) is 25.1 Å². The summed E-state index contributed by atoms with van der Waals surface area (Å²) in [5, 5.41) is 2.83. The molecule has 0 aliphatic rings. The molecule has 0 radical (unpaired) electrons. The molecule has 0 aliphatic heterocycles. The van der Waals surface area contributed by atoms with Crippen LogP contribution in [0.5, 0.6) is 0 Å². The first kappa shape index (κ1) is 14.1. The van der Waals surface area contributed by atoms with Crippen molar-refractivity contribution in [2.45, 2.75) is 13.5 Å². The van der Waals surface area contributed by atoms with E-state index in [9.17, 15) is 4.79 Å². The normalized spacial score (nSPS) is 10.1. The smallest absolute Gasteiger partial charge is 0.251 e. The number of nitrogens with one attached hydrogen (secondary N) is 1. The summed E-state index contributed by atoms with van der Waals surface area (Å²) in [6.07, 6.45) is 0. The van der Waals surface area contributed by atoms with E-state index < -0.39 is 0 Å². The van der Waals surface area contributed by atoms with Crippen LogP contribution in [0.15, 0.2) is 42.5 Å². The monoisotopic (exact) mass is 285 g/mol. The van der Waals surface area contributed by atoms with Crippen LogP contribution in [0.3, 0.4) is 0 Å². The van der Waals surface area contributed by atoms with Gasteiger partial charge in [0.25, 0.3) is 5.91 Å². The Kier molecular flexibility index (Phi) is 4.42. The minimum absolute atomic E-state index is 0.150. The van der Waals surface area contributed by atoms with E-state index in [1.165, 1.54) is 0 Å². The Hall–Kier alpha value is -2.27. The fourth-order valence-corrected chi connectivity index (χ4v) is 1.89. The lowest BCUT2D eigenvalue weighted by atomic mass is 10.1. The van der Waals surface area contributed by atoms with Crippen molar-refractivity contribution in [3.8, 4) is 0 Å². The number of nitrogens with zero attached hydrogens (tertiary/aromatic N) is 1. The van der Waals surface area contributed by atoms with Crippen LogP contribution in [0.1, 0.15) is 27.3 Å². The van der Waals surface area contributed by atoms with Crippen LogP contribution in [0.25, 0.3) is 0 Å². The van der Waals surface area contributed by atoms with Crippen LogP contribution in [0.4, 0.5) is 0 Å². The molecule has 0 saturated carbocycles. The van der Waals surface area contributed by atoms with Crippen molar-refractivity contribution < 1.29 is 4.79 Å². The molecule has 2 rings (SSSR count). The first-order chi connectivity index (χ1) is 9.56. The van der Waals surface area contributed by atoms with Crippen LogP contribution in [0.2, 0.25) is 0 Å². The molecule has 1 heterocycles. The molecular weight excluding hydrogens is 270 g/mol. The van der Waals surface area contributed by atoms with Gasteiger partial charge < -0.3 is 11.1 Å². The zero-order valence-corrected chi connectivity index (χ0v) is 11.9. The molecule has 0 bridgehead atoms. The topological polar surface area (TPSA) is 68.0 Å². The highest BCUT2D eigenvalue weighted by Crippen LogP contribution is 2.05. The molecule has 1 amide bonds. The highest BCUT2D eigenvalue weighted by atomic mass is 32.1. The van der Waals surface area contributed by atoms with Gasteiger partial charge in [-0.05, 0) is 31.2 Å². The lowest BCUT2D eigenvalue weighted by Crippen LogP contribution is -2.23. The molecule has 2 aromatic rings. The van der Waals surface area contributed by atoms with Gasteiger partial charge in [0, 0.05) is 16.8 Å². The molecule has 1 aromatic heterocycles. The molecule has 3 N–H and O–H groups in total. The van der Waals surface area contributed by atoms with Gasteiger partial charge in [0.1, 0.15) is 4.99 Å². The Bertz CT molecular complexity index is 638. The number of carbonyl (C=O) groups excluding carboxylic acids is 1. The van der Waals surface area contributed by atoms with Crippen molar-refractivity contribution >= 4 is 23.1 Å². The number of rotatable bonds is 4. The van der Waals surface area contributed by atoms with Gasteiger partial charge >= 0.3 is 0 Å². The average molecular weight is 285 g/mol. The van der Waals surface area contributed by atoms with Crippen LogP contribution in [-0.4, -0.2) is 15.9 Å². The summed E-state index contributed by atoms with van der Waals surface area (Å²) in [6, 6.07) is 12.6. The predicted molar refractivity (Wildman–Crippen MR) is 82.5 cm³/mol. The third-order valence-electron chi connectivity index (χ3n) is 2.81. The van der Waals surface area contributed by atoms with Gasteiger partial charge in [-0.1, -0.05) is 30.4 Å². The van der Waals surface area contributed by atoms with Gasteiger partial charge in [-0.15, -0.1) is 0 Å². The van der Waals surface area contributed by atoms with E-state index in [-0.39, 0.29) is 5.91 Å². The number of aryl methyl sites for hydroxylation is 1. The molecule has 0 saturated heterocycles. The quantitative estimate of drug-likeness (QED) is 0.843. The third-order valence-corrected chi connectivity index (χ3v) is 3.04. The van der Waals surface area contributed by atoms with Gasteiger partial charge in [0.15, 0.2) is 0 Å². The van der Waals surface area contributed by atoms with Crippen LogP contribution >= 0.6 is 12.2 Å². The Morgan fingerprint density at radius 1 is 1.20 bits per heavy atom. The number of aromatic nitrogens is 1. The molecule has 5 heteroatoms. The lowest BCUT2D eigenvalue weighted by Gasteiger charge is -2.06. The summed E-state index contributed by atoms with van der Waals surface area (Å²) in [7, 11) is 0. The Morgan fingerprint density at radius 3 is 2.45 bits per heavy atom. The van der Waals surface area contributed by atoms with Gasteiger partial charge in [-0.25, -0.2) is 0 Å². The Labute approximate surface area is 123 Å². The highest BCUT2D eigenvalue weighted by Gasteiger charge is 2.06. The molecule has 4 nitrogen and oxygen atoms in total. The van der Waals surface area contributed by atoms with Gasteiger partial charge in [0.2, 0.25) is 0 Å². The zero-order chi connectivity index (χ0) is 14.5. The molecule has 0 aliphatic carbocycles. The van der Waals surface area contributed by atoms with Gasteiger partial charge in [-0.3, -0.25) is 9.78 Å². The van der Waals surface area contributed by atoms with E-state index in [4.69, 9.17) is 18.0 Å². The van der Waals surface area contributed by atoms with Gasteiger partial charge in [0.05, 0.1) is 12.2 Å². The summed E-state index contributed by atoms with van der Waals surface area (Å²) in [5.74, 6) is -0.150. The number of benzene rings is 1. The number of hydrogen-bond donors (Lipinski definition) is 2. The zero-order valence-electron chi connectivity index (χ0n) is 11.1. The number of carbonyl (C=O) groups is 1. The number of hydrogen-bond acceptors (Lipinski definition) is 3. The third kappa shape index (κ3) is 3.61. The van der Waals surface area contributed by atoms with Crippen LogP contribution in [-0.2, 0) is 6.54 Å². The molecule has 20 heavy (non-hydrogen) atoms. The minimum Gasteiger partial charge on any atom is -0.389 e. The SMILES string of the molecule is Cc1cccc(CNC(=O)c2ccc(C(N)=S)cc2)n1. The first-order valence-electron chi connectivity index (χ1n) is 6.17. The van der Waals surface area contributed by atoms with Crippen molar-refractivity contribution in [2.75, 3.05) is 0 Å². The Morgan fingerprint density at radius 2 is 1.85 bits per heavy atom. The summed E-state index contributed by atoms with van der Waals surface area (Å²) in [6.45, 7) is 2.32. The van der Waals surface area contributed by atoms with Crippen LogP contribution in [0, 0.1) is 6.92 Å². The van der Waals surface area contributed by atoms with Crippen molar-refractivity contribution in [3.63, 3.8) is 0 Å². The Balaban J connectivity index is 1.99. The van der Waals surface area contributed by atoms with Gasteiger partial charge in [-0.2, -0.15) is 0 Å². The second-order valence-electron chi connectivity index (χ2n) is 4.39. The fraction of sp³-hybridized carbons (Fsp3) is 0.133. The van der Waals surface area contributed by atoms with Crippen LogP contribution < -0.4 is 11.1 Å². The summed E-state index contributed by atoms with van der Waals surface area (Å²) < 4.78 is 0. The standard InChI is InChI=1S/C15H15N3OS/c1-10-3-2-4-13(18-10)9-17-15(19)12-7-5-11(6-8-12)14(16)20/h2-8H,9H2,1H3,(H2,16,20)(H,17,19). The highest BCUT2D eigenvalue weighted by molar-refractivity contribution is 7.80. The number of thiocarbonyl (C=S) groups is 1. The van der Waals surface area contributed by atoms with E-state index in [2.05, 4.69) is 10.3 Å². The number of pyridine rings is 1. The van der Waals surface area contributed by atoms with E-state index in [0.717, 1.165) is 17.0 Å². The molecule has 0 spiro atoms. The largest absolute Gasteiger partial charge is 0.389 e. The first-order valence-corrected chi connectivity index (χ1v) is 6.57. The van der Waals surface area contributed by atoms with E-state index in [1.54, 1.807) is 24.3 Å². The molecular formula is C15H15N3OS. The second kappa shape index (κ2) is 6.25. The molecule has 102 valence electrons. The maximum Gasteiger partial charge on any atom is 0.251 e. The maximum atomic E-state index is 12.0. The fourth-order valence-electron chi connectivity index (χ4n) is 1.76. The molecule has 1 aromatic carbocycles. The number of nitrogens with two attached hydrogens (primary N) is 1. The second-order valence-corrected chi connectivity index (χ2v) is 4.83. The van der Waals surface area contributed by atoms with Crippen molar-refractivity contribution in [3.05, 3.63) is 65.0 Å². The van der Waals surface area contributed by atoms with E-state index in [0.29, 0.717) is 17.1 Å². The van der Waals surface area contributed by atoms with E-state index >= 15 is 0 Å². The van der Waals surface area contributed by atoms with Crippen molar-refractivity contribution in [2.24, 2.45) is 5.73 Å². The lowest BCUT2D eigenvalue weighted by molar-refractivity contribution is 0.0950. The average Bonchev–Trinajstić information content (AvgIpc) is 2.45. The summed E-state index contributed by atoms with van der Waals surface area (Å²) >= 11 is 4.87. The summed E-state index contributed by atoms with van der Waals surface area (Å²) in [4.78, 5) is 16.6. The summed E-state index contributed by atoms with van der Waals surface area (Å²) in [5.41, 5.74) is 8.59.